The van der Waals surface area contributed by atoms with Gasteiger partial charge in [0.05, 0.1) is 19.1 Å². The van der Waals surface area contributed by atoms with Crippen LogP contribution in [-0.4, -0.2) is 53.2 Å². The lowest BCUT2D eigenvalue weighted by molar-refractivity contribution is 0.0523. The van der Waals surface area contributed by atoms with Gasteiger partial charge in [-0.3, -0.25) is 9.17 Å². The van der Waals surface area contributed by atoms with Gasteiger partial charge in [-0.2, -0.15) is 18.2 Å². The summed E-state index contributed by atoms with van der Waals surface area (Å²) < 4.78 is 40.1. The van der Waals surface area contributed by atoms with Crippen LogP contribution in [0.25, 0.3) is 33.5 Å². The third-order valence-electron chi connectivity index (χ3n) is 6.33. The van der Waals surface area contributed by atoms with Crippen LogP contribution in [0.4, 0.5) is 4.79 Å². The molecular formula is C28H30N4O6S. The summed E-state index contributed by atoms with van der Waals surface area (Å²) in [5.74, 6) is 0.519. The molecular weight excluding hydrogens is 520 g/mol. The highest BCUT2D eigenvalue weighted by Crippen LogP contribution is 2.39. The average molecular weight is 551 g/mol. The van der Waals surface area contributed by atoms with Crippen LogP contribution in [0, 0.1) is 0 Å². The number of hydrogen-bond acceptors (Lipinski definition) is 9. The SMILES string of the molecule is COc1cc2c(nc1-c1cccc3c1CCC3)c(-c1ccc(COS(C)(=O)=O)nc1)nn2C(=O)OC(C)(C)C. The Hall–Kier alpha value is -3.83. The Labute approximate surface area is 227 Å². The summed E-state index contributed by atoms with van der Waals surface area (Å²) in [4.78, 5) is 22.5. The molecule has 39 heavy (non-hydrogen) atoms. The van der Waals surface area contributed by atoms with Crippen LogP contribution >= 0.6 is 0 Å². The van der Waals surface area contributed by atoms with Gasteiger partial charge in [0, 0.05) is 23.4 Å². The summed E-state index contributed by atoms with van der Waals surface area (Å²) in [5.41, 5.74) is 5.83. The van der Waals surface area contributed by atoms with Gasteiger partial charge in [0.15, 0.2) is 0 Å². The van der Waals surface area contributed by atoms with Crippen LogP contribution in [0.3, 0.4) is 0 Å². The van der Waals surface area contributed by atoms with Crippen LogP contribution in [0.5, 0.6) is 5.75 Å². The van der Waals surface area contributed by atoms with E-state index in [1.165, 1.54) is 15.8 Å². The second-order valence-electron chi connectivity index (χ2n) is 10.4. The summed E-state index contributed by atoms with van der Waals surface area (Å²) in [7, 11) is -2.03. The maximum absolute atomic E-state index is 13.2. The topological polar surface area (TPSA) is 123 Å². The number of fused-ring (bicyclic) bond motifs is 2. The molecule has 11 heteroatoms. The van der Waals surface area contributed by atoms with E-state index >= 15 is 0 Å². The fourth-order valence-electron chi connectivity index (χ4n) is 4.67. The van der Waals surface area contributed by atoms with Crippen molar-refractivity contribution in [1.29, 1.82) is 0 Å². The van der Waals surface area contributed by atoms with Gasteiger partial charge >= 0.3 is 6.09 Å². The number of carbonyl (C=O) groups excluding carboxylic acids is 1. The summed E-state index contributed by atoms with van der Waals surface area (Å²) in [6.45, 7) is 5.16. The van der Waals surface area contributed by atoms with Crippen LogP contribution in [0.1, 0.15) is 44.0 Å². The van der Waals surface area contributed by atoms with Gasteiger partial charge in [-0.25, -0.2) is 9.78 Å². The second kappa shape index (κ2) is 10.0. The molecule has 1 aromatic carbocycles. The van der Waals surface area contributed by atoms with Crippen molar-refractivity contribution >= 4 is 27.2 Å². The Bertz CT molecular complexity index is 1670. The predicted octanol–water partition coefficient (Wildman–Crippen LogP) is 4.92. The van der Waals surface area contributed by atoms with E-state index in [2.05, 4.69) is 16.1 Å². The number of benzene rings is 1. The Morgan fingerprint density at radius 2 is 1.90 bits per heavy atom. The lowest BCUT2D eigenvalue weighted by Gasteiger charge is -2.19. The van der Waals surface area contributed by atoms with Crippen molar-refractivity contribution in [1.82, 2.24) is 19.7 Å². The lowest BCUT2D eigenvalue weighted by Crippen LogP contribution is -2.27. The maximum atomic E-state index is 13.2. The molecule has 0 saturated heterocycles. The molecule has 0 saturated carbocycles. The van der Waals surface area contributed by atoms with E-state index in [4.69, 9.17) is 18.6 Å². The molecule has 10 nitrogen and oxygen atoms in total. The van der Waals surface area contributed by atoms with Crippen LogP contribution in [0.2, 0.25) is 0 Å². The molecule has 4 aromatic rings. The molecule has 0 bridgehead atoms. The number of methoxy groups -OCH3 is 1. The van der Waals surface area contributed by atoms with Crippen molar-refractivity contribution in [2.24, 2.45) is 0 Å². The fourth-order valence-corrected chi connectivity index (χ4v) is 5.00. The molecule has 0 radical (unpaired) electrons. The van der Waals surface area contributed by atoms with Crippen LogP contribution < -0.4 is 4.74 Å². The maximum Gasteiger partial charge on any atom is 0.435 e. The number of aryl methyl sites for hydroxylation is 1. The molecule has 0 spiro atoms. The summed E-state index contributed by atoms with van der Waals surface area (Å²) >= 11 is 0. The monoisotopic (exact) mass is 550 g/mol. The number of nitrogens with zero attached hydrogens (tertiary/aromatic N) is 4. The zero-order valence-corrected chi connectivity index (χ0v) is 23.3. The predicted molar refractivity (Wildman–Crippen MR) is 146 cm³/mol. The standard InChI is InChI=1S/C28H30N4O6S/c1-28(2,3)38-27(33)32-22-14-23(36-4)25(21-11-7-9-17-8-6-10-20(17)21)30-26(22)24(31-32)18-12-13-19(29-15-18)16-37-39(5,34)35/h7,9,11-15H,6,8,10,16H2,1-5H3. The first kappa shape index (κ1) is 26.8. The molecule has 0 atom stereocenters. The molecule has 1 aliphatic rings. The quantitative estimate of drug-likeness (QED) is 0.308. The van der Waals surface area contributed by atoms with E-state index < -0.39 is 21.8 Å². The summed E-state index contributed by atoms with van der Waals surface area (Å²) in [6.07, 6.45) is 4.95. The molecule has 0 fully saturated rings. The Kier molecular flexibility index (Phi) is 6.90. The van der Waals surface area contributed by atoms with Crippen molar-refractivity contribution in [2.45, 2.75) is 52.2 Å². The van der Waals surface area contributed by atoms with E-state index in [0.29, 0.717) is 39.4 Å². The van der Waals surface area contributed by atoms with Gasteiger partial charge in [0.1, 0.15) is 40.4 Å². The molecule has 0 aliphatic heterocycles. The first-order chi connectivity index (χ1) is 18.4. The molecule has 3 aromatic heterocycles. The van der Waals surface area contributed by atoms with Crippen molar-refractivity contribution in [3.63, 3.8) is 0 Å². The van der Waals surface area contributed by atoms with Gasteiger partial charge in [0.25, 0.3) is 10.1 Å². The fraction of sp³-hybridized carbons (Fsp3) is 0.357. The summed E-state index contributed by atoms with van der Waals surface area (Å²) in [6, 6.07) is 11.3. The lowest BCUT2D eigenvalue weighted by atomic mass is 9.99. The number of carbonyl (C=O) groups is 1. The molecule has 0 amide bonds. The molecule has 0 N–H and O–H groups in total. The third-order valence-corrected chi connectivity index (χ3v) is 6.87. The molecule has 3 heterocycles. The van der Waals surface area contributed by atoms with Crippen molar-refractivity contribution in [2.75, 3.05) is 13.4 Å². The van der Waals surface area contributed by atoms with Crippen LogP contribution in [0.15, 0.2) is 42.6 Å². The van der Waals surface area contributed by atoms with Gasteiger partial charge in [-0.05, 0) is 63.3 Å². The van der Waals surface area contributed by atoms with E-state index in [1.807, 2.05) is 12.1 Å². The highest BCUT2D eigenvalue weighted by atomic mass is 32.2. The Balaban J connectivity index is 1.67. The number of rotatable bonds is 6. The molecule has 5 rings (SSSR count). The zero-order chi connectivity index (χ0) is 27.9. The normalized spacial score (nSPS) is 13.5. The van der Waals surface area contributed by atoms with Crippen molar-refractivity contribution < 1.29 is 26.9 Å². The largest absolute Gasteiger partial charge is 0.494 e. The zero-order valence-electron chi connectivity index (χ0n) is 22.5. The first-order valence-corrected chi connectivity index (χ1v) is 14.4. The minimum atomic E-state index is -3.61. The smallest absolute Gasteiger partial charge is 0.435 e. The minimum absolute atomic E-state index is 0.190. The van der Waals surface area contributed by atoms with Gasteiger partial charge < -0.3 is 9.47 Å². The molecule has 204 valence electrons. The van der Waals surface area contributed by atoms with Crippen molar-refractivity contribution in [3.8, 4) is 28.3 Å². The molecule has 0 unspecified atom stereocenters. The van der Waals surface area contributed by atoms with Gasteiger partial charge in [0.2, 0.25) is 0 Å². The minimum Gasteiger partial charge on any atom is -0.494 e. The first-order valence-electron chi connectivity index (χ1n) is 12.6. The summed E-state index contributed by atoms with van der Waals surface area (Å²) in [5, 5.41) is 4.60. The Morgan fingerprint density at radius 1 is 1.10 bits per heavy atom. The van der Waals surface area contributed by atoms with Gasteiger partial charge in [-0.1, -0.05) is 18.2 Å². The second-order valence-corrected chi connectivity index (χ2v) is 12.1. The average Bonchev–Trinajstić information content (AvgIpc) is 3.50. The van der Waals surface area contributed by atoms with E-state index in [9.17, 15) is 13.2 Å². The highest BCUT2D eigenvalue weighted by Gasteiger charge is 2.27. The number of pyridine rings is 2. The van der Waals surface area contributed by atoms with E-state index in [1.54, 1.807) is 52.3 Å². The number of hydrogen-bond donors (Lipinski definition) is 0. The van der Waals surface area contributed by atoms with Crippen molar-refractivity contribution in [3.05, 3.63) is 59.4 Å². The highest BCUT2D eigenvalue weighted by molar-refractivity contribution is 7.85. The van der Waals surface area contributed by atoms with E-state index in [0.717, 1.165) is 31.1 Å². The van der Waals surface area contributed by atoms with Crippen LogP contribution in [-0.2, 0) is 38.5 Å². The number of aromatic nitrogens is 4. The van der Waals surface area contributed by atoms with Gasteiger partial charge in [-0.15, -0.1) is 0 Å². The third kappa shape index (κ3) is 5.64. The molecule has 1 aliphatic carbocycles. The Morgan fingerprint density at radius 3 is 2.56 bits per heavy atom. The van der Waals surface area contributed by atoms with E-state index in [-0.39, 0.29) is 6.61 Å². The number of ether oxygens (including phenoxy) is 2.